The van der Waals surface area contributed by atoms with Gasteiger partial charge in [0.1, 0.15) is 0 Å². The van der Waals surface area contributed by atoms with E-state index in [2.05, 4.69) is 102 Å². The van der Waals surface area contributed by atoms with Crippen LogP contribution in [0.1, 0.15) is 64.2 Å². The van der Waals surface area contributed by atoms with Gasteiger partial charge >= 0.3 is 0 Å². The Bertz CT molecular complexity index is 1170. The predicted octanol–water partition coefficient (Wildman–Crippen LogP) is 9.58. The zero-order valence-electron chi connectivity index (χ0n) is 21.4. The summed E-state index contributed by atoms with van der Waals surface area (Å²) in [4.78, 5) is 0. The van der Waals surface area contributed by atoms with Crippen LogP contribution >= 0.6 is 7.92 Å². The Hall–Kier alpha value is -2.63. The molecule has 6 rings (SSSR count). The van der Waals surface area contributed by atoms with Gasteiger partial charge in [0.2, 0.25) is 0 Å². The van der Waals surface area contributed by atoms with Crippen molar-refractivity contribution in [3.05, 3.63) is 97.2 Å². The van der Waals surface area contributed by atoms with Gasteiger partial charge in [-0.2, -0.15) is 0 Å². The van der Waals surface area contributed by atoms with Crippen LogP contribution in [-0.2, 0) is 0 Å². The van der Waals surface area contributed by atoms with Crippen molar-refractivity contribution in [2.75, 3.05) is 0 Å². The number of benzene rings is 3. The molecule has 2 aliphatic carbocycles. The molecular formula is C34H38NP. The summed E-state index contributed by atoms with van der Waals surface area (Å²) < 4.78 is 2.62. The first-order valence-corrected chi connectivity index (χ1v) is 15.6. The second-order valence-corrected chi connectivity index (χ2v) is 13.4. The Morgan fingerprint density at radius 3 is 1.50 bits per heavy atom. The average Bonchev–Trinajstić information content (AvgIpc) is 3.44. The fourth-order valence-corrected chi connectivity index (χ4v) is 10.5. The van der Waals surface area contributed by atoms with E-state index in [0.29, 0.717) is 0 Å². The molecule has 0 spiro atoms. The Kier molecular flexibility index (Phi) is 7.38. The lowest BCUT2D eigenvalue weighted by Gasteiger charge is -2.39. The molecule has 0 unspecified atom stereocenters. The maximum absolute atomic E-state index is 2.62. The summed E-state index contributed by atoms with van der Waals surface area (Å²) in [6.45, 7) is 0. The van der Waals surface area contributed by atoms with Crippen LogP contribution in [0.4, 0.5) is 0 Å². The minimum Gasteiger partial charge on any atom is -0.316 e. The molecule has 184 valence electrons. The highest BCUT2D eigenvalue weighted by molar-refractivity contribution is 7.66. The van der Waals surface area contributed by atoms with E-state index in [1.54, 1.807) is 5.44 Å². The molecule has 0 saturated heterocycles. The third-order valence-electron chi connectivity index (χ3n) is 8.37. The molecule has 3 aromatic carbocycles. The van der Waals surface area contributed by atoms with Crippen LogP contribution in [0.3, 0.4) is 0 Å². The van der Waals surface area contributed by atoms with Gasteiger partial charge in [-0.15, -0.1) is 0 Å². The molecule has 0 N–H and O–H groups in total. The van der Waals surface area contributed by atoms with Gasteiger partial charge in [-0.1, -0.05) is 125 Å². The third kappa shape index (κ3) is 4.83. The zero-order valence-corrected chi connectivity index (χ0v) is 22.3. The highest BCUT2D eigenvalue weighted by atomic mass is 31.1. The summed E-state index contributed by atoms with van der Waals surface area (Å²) in [5.41, 5.74) is 9.99. The molecule has 1 aromatic heterocycles. The fraction of sp³-hybridized carbons (Fsp3) is 0.353. The van der Waals surface area contributed by atoms with E-state index in [1.165, 1.54) is 92.1 Å². The van der Waals surface area contributed by atoms with Crippen molar-refractivity contribution in [3.8, 4) is 27.9 Å². The van der Waals surface area contributed by atoms with Gasteiger partial charge in [0.05, 0.1) is 5.69 Å². The van der Waals surface area contributed by atoms with Crippen LogP contribution < -0.4 is 5.44 Å². The molecule has 0 amide bonds. The first-order chi connectivity index (χ1) is 17.9. The van der Waals surface area contributed by atoms with E-state index in [1.807, 2.05) is 0 Å². The lowest BCUT2D eigenvalue weighted by atomic mass is 9.96. The number of para-hydroxylation sites is 1. The van der Waals surface area contributed by atoms with Crippen LogP contribution in [0.2, 0.25) is 0 Å². The van der Waals surface area contributed by atoms with Crippen molar-refractivity contribution in [1.29, 1.82) is 0 Å². The summed E-state index contributed by atoms with van der Waals surface area (Å²) in [7, 11) is -0.199. The molecule has 2 heteroatoms. The van der Waals surface area contributed by atoms with Crippen LogP contribution in [0.5, 0.6) is 0 Å². The minimum absolute atomic E-state index is 0.199. The van der Waals surface area contributed by atoms with Crippen molar-refractivity contribution in [2.45, 2.75) is 75.5 Å². The Morgan fingerprint density at radius 1 is 0.500 bits per heavy atom. The molecule has 36 heavy (non-hydrogen) atoms. The van der Waals surface area contributed by atoms with Crippen molar-refractivity contribution in [2.24, 2.45) is 0 Å². The van der Waals surface area contributed by atoms with Gasteiger partial charge in [-0.25, -0.2) is 0 Å². The predicted molar refractivity (Wildman–Crippen MR) is 157 cm³/mol. The molecule has 0 aliphatic heterocycles. The smallest absolute Gasteiger partial charge is 0.0612 e. The molecule has 1 heterocycles. The minimum atomic E-state index is -0.199. The van der Waals surface area contributed by atoms with E-state index >= 15 is 0 Å². The van der Waals surface area contributed by atoms with Crippen molar-refractivity contribution < 1.29 is 0 Å². The quantitative estimate of drug-likeness (QED) is 0.237. The van der Waals surface area contributed by atoms with Gasteiger partial charge in [-0.05, 0) is 60.3 Å². The number of aromatic nitrogens is 1. The van der Waals surface area contributed by atoms with Crippen LogP contribution in [0.25, 0.3) is 27.9 Å². The molecule has 0 atom stereocenters. The third-order valence-corrected chi connectivity index (χ3v) is 11.9. The maximum atomic E-state index is 2.62. The second-order valence-electron chi connectivity index (χ2n) is 10.7. The molecular weight excluding hydrogens is 453 g/mol. The number of rotatable bonds is 6. The van der Waals surface area contributed by atoms with Gasteiger partial charge < -0.3 is 4.57 Å². The molecule has 2 aliphatic rings. The summed E-state index contributed by atoms with van der Waals surface area (Å²) in [6.07, 6.45) is 16.6. The first-order valence-electron chi connectivity index (χ1n) is 14.1. The highest BCUT2D eigenvalue weighted by Gasteiger charge is 2.34. The largest absolute Gasteiger partial charge is 0.316 e. The first kappa shape index (κ1) is 23.7. The highest BCUT2D eigenvalue weighted by Crippen LogP contribution is 2.55. The van der Waals surface area contributed by atoms with Crippen molar-refractivity contribution in [1.82, 2.24) is 4.57 Å². The Labute approximate surface area is 218 Å². The van der Waals surface area contributed by atoms with Gasteiger partial charge in [0.25, 0.3) is 0 Å². The van der Waals surface area contributed by atoms with E-state index in [0.717, 1.165) is 11.3 Å². The van der Waals surface area contributed by atoms with E-state index in [-0.39, 0.29) is 7.92 Å². The maximum Gasteiger partial charge on any atom is 0.0612 e. The lowest BCUT2D eigenvalue weighted by Crippen LogP contribution is -2.29. The molecule has 1 nitrogen and oxygen atoms in total. The molecule has 4 aromatic rings. The van der Waals surface area contributed by atoms with Gasteiger partial charge in [0, 0.05) is 22.8 Å². The molecule has 0 radical (unpaired) electrons. The van der Waals surface area contributed by atoms with Crippen LogP contribution in [0.15, 0.2) is 97.2 Å². The Morgan fingerprint density at radius 2 is 1.00 bits per heavy atom. The van der Waals surface area contributed by atoms with Crippen molar-refractivity contribution >= 4 is 13.4 Å². The van der Waals surface area contributed by atoms with E-state index in [4.69, 9.17) is 0 Å². The number of hydrogen-bond acceptors (Lipinski definition) is 0. The molecule has 2 fully saturated rings. The molecule has 2 saturated carbocycles. The standard InChI is InChI=1S/C34H38NP/c1-5-15-27(16-6-1)31-23-13-24-32(28-17-7-2-8-18-28)34(31)35-26-14-25-33(35)36(29-19-9-3-10-20-29)30-21-11-4-12-22-30/h1-2,5-8,13-18,23-26,29-30H,3-4,9-12,19-22H2. The monoisotopic (exact) mass is 491 g/mol. The van der Waals surface area contributed by atoms with E-state index < -0.39 is 0 Å². The van der Waals surface area contributed by atoms with Crippen LogP contribution in [-0.4, -0.2) is 15.9 Å². The Balaban J connectivity index is 1.54. The summed E-state index contributed by atoms with van der Waals surface area (Å²) >= 11 is 0. The normalized spacial score (nSPS) is 17.5. The number of nitrogens with zero attached hydrogens (tertiary/aromatic N) is 1. The van der Waals surface area contributed by atoms with Gasteiger partial charge in [0.15, 0.2) is 0 Å². The molecule has 0 bridgehead atoms. The van der Waals surface area contributed by atoms with Crippen molar-refractivity contribution in [3.63, 3.8) is 0 Å². The van der Waals surface area contributed by atoms with Crippen LogP contribution in [0, 0.1) is 0 Å². The van der Waals surface area contributed by atoms with Gasteiger partial charge in [-0.3, -0.25) is 0 Å². The number of hydrogen-bond donors (Lipinski definition) is 0. The summed E-state index contributed by atoms with van der Waals surface area (Å²) in [6, 6.07) is 33.7. The fourth-order valence-electron chi connectivity index (χ4n) is 6.67. The average molecular weight is 492 g/mol. The van der Waals surface area contributed by atoms with E-state index in [9.17, 15) is 0 Å². The lowest BCUT2D eigenvalue weighted by molar-refractivity contribution is 0.486. The topological polar surface area (TPSA) is 4.93 Å². The zero-order chi connectivity index (χ0) is 24.2. The SMILES string of the molecule is c1ccc(-c2cccc(-c3ccccc3)c2-n2cccc2P(C2CCCCC2)C2CCCCC2)cc1. The summed E-state index contributed by atoms with van der Waals surface area (Å²) in [5, 5.41) is 0. The summed E-state index contributed by atoms with van der Waals surface area (Å²) in [5.74, 6) is 0. The second kappa shape index (κ2) is 11.2.